The number of halogens is 1. The predicted octanol–water partition coefficient (Wildman–Crippen LogP) is 3.49. The maximum absolute atomic E-state index is 12.9. The van der Waals surface area contributed by atoms with Crippen molar-refractivity contribution >= 4 is 5.69 Å². The highest BCUT2D eigenvalue weighted by Gasteiger charge is 2.08. The van der Waals surface area contributed by atoms with Crippen molar-refractivity contribution in [1.29, 1.82) is 0 Å². The van der Waals surface area contributed by atoms with Crippen LogP contribution in [0.3, 0.4) is 0 Å². The molecule has 0 radical (unpaired) electrons. The average Bonchev–Trinajstić information content (AvgIpc) is 2.42. The Hall–Kier alpha value is -1.87. The molecule has 0 aromatic heterocycles. The summed E-state index contributed by atoms with van der Waals surface area (Å²) in [6.45, 7) is 3.70. The fraction of sp³-hybridized carbons (Fsp3) is 0.294. The van der Waals surface area contributed by atoms with Gasteiger partial charge in [0.15, 0.2) is 0 Å². The molecule has 0 bridgehead atoms. The van der Waals surface area contributed by atoms with Crippen LogP contribution >= 0.6 is 0 Å². The van der Waals surface area contributed by atoms with Gasteiger partial charge in [0.2, 0.25) is 0 Å². The normalized spacial score (nSPS) is 10.6. The summed E-state index contributed by atoms with van der Waals surface area (Å²) in [7, 11) is 4.01. The molecule has 106 valence electrons. The smallest absolute Gasteiger partial charge is 0.123 e. The molecule has 0 fully saturated rings. The lowest BCUT2D eigenvalue weighted by atomic mass is 10.1. The van der Waals surface area contributed by atoms with E-state index in [1.165, 1.54) is 28.9 Å². The Kier molecular flexibility index (Phi) is 4.74. The Morgan fingerprint density at radius 3 is 2.45 bits per heavy atom. The van der Waals surface area contributed by atoms with Gasteiger partial charge in [-0.25, -0.2) is 4.39 Å². The van der Waals surface area contributed by atoms with Crippen molar-refractivity contribution < 1.29 is 4.39 Å². The van der Waals surface area contributed by atoms with Crippen LogP contribution in [0.25, 0.3) is 0 Å². The van der Waals surface area contributed by atoms with Crippen molar-refractivity contribution in [2.45, 2.75) is 20.0 Å². The first-order chi connectivity index (χ1) is 9.60. The topological polar surface area (TPSA) is 15.3 Å². The molecule has 0 saturated carbocycles. The summed E-state index contributed by atoms with van der Waals surface area (Å²) in [4.78, 5) is 2.19. The fourth-order valence-electron chi connectivity index (χ4n) is 2.37. The largest absolute Gasteiger partial charge is 0.370 e. The van der Waals surface area contributed by atoms with Crippen LogP contribution in [0.1, 0.15) is 16.7 Å². The second-order valence-corrected chi connectivity index (χ2v) is 5.15. The zero-order valence-electron chi connectivity index (χ0n) is 12.3. The Balaban J connectivity index is 2.19. The Morgan fingerprint density at radius 2 is 1.80 bits per heavy atom. The number of nitrogens with one attached hydrogen (secondary N) is 1. The Bertz CT molecular complexity index is 564. The third kappa shape index (κ3) is 3.58. The molecular weight excluding hydrogens is 251 g/mol. The molecule has 0 aliphatic rings. The zero-order valence-corrected chi connectivity index (χ0v) is 12.3. The molecule has 0 unspecified atom stereocenters. The van der Waals surface area contributed by atoms with Crippen LogP contribution in [-0.2, 0) is 13.1 Å². The molecule has 0 saturated heterocycles. The summed E-state index contributed by atoms with van der Waals surface area (Å²) in [5.74, 6) is -0.192. The van der Waals surface area contributed by atoms with Crippen LogP contribution in [0, 0.1) is 12.7 Å². The molecule has 0 heterocycles. The molecule has 20 heavy (non-hydrogen) atoms. The van der Waals surface area contributed by atoms with Crippen molar-refractivity contribution in [2.24, 2.45) is 0 Å². The van der Waals surface area contributed by atoms with E-state index in [0.29, 0.717) is 0 Å². The highest BCUT2D eigenvalue weighted by atomic mass is 19.1. The minimum atomic E-state index is -0.192. The van der Waals surface area contributed by atoms with Crippen molar-refractivity contribution in [3.63, 3.8) is 0 Å². The predicted molar refractivity (Wildman–Crippen MR) is 82.4 cm³/mol. The van der Waals surface area contributed by atoms with Crippen LogP contribution < -0.4 is 10.2 Å². The van der Waals surface area contributed by atoms with Gasteiger partial charge in [0, 0.05) is 25.8 Å². The Labute approximate surface area is 120 Å². The molecule has 2 rings (SSSR count). The number of anilines is 1. The summed E-state index contributed by atoms with van der Waals surface area (Å²) < 4.78 is 12.9. The van der Waals surface area contributed by atoms with Gasteiger partial charge >= 0.3 is 0 Å². The van der Waals surface area contributed by atoms with Gasteiger partial charge in [-0.3, -0.25) is 0 Å². The van der Waals surface area contributed by atoms with Crippen molar-refractivity contribution in [2.75, 3.05) is 19.0 Å². The average molecular weight is 272 g/mol. The SMILES string of the molecule is CNCc1cc(C)ccc1N(C)Cc1ccc(F)cc1. The van der Waals surface area contributed by atoms with Crippen molar-refractivity contribution in [1.82, 2.24) is 5.32 Å². The minimum absolute atomic E-state index is 0.192. The highest BCUT2D eigenvalue weighted by molar-refractivity contribution is 5.54. The Morgan fingerprint density at radius 1 is 1.10 bits per heavy atom. The van der Waals surface area contributed by atoms with E-state index in [-0.39, 0.29) is 5.82 Å². The summed E-state index contributed by atoms with van der Waals surface area (Å²) in [5.41, 5.74) is 4.84. The molecule has 0 amide bonds. The van der Waals surface area contributed by atoms with Crippen LogP contribution in [0.4, 0.5) is 10.1 Å². The first-order valence-electron chi connectivity index (χ1n) is 6.80. The van der Waals surface area contributed by atoms with Gasteiger partial charge in [-0.2, -0.15) is 0 Å². The van der Waals surface area contributed by atoms with Gasteiger partial charge in [-0.05, 0) is 43.3 Å². The second kappa shape index (κ2) is 6.53. The second-order valence-electron chi connectivity index (χ2n) is 5.15. The number of hydrogen-bond donors (Lipinski definition) is 1. The van der Waals surface area contributed by atoms with E-state index in [2.05, 4.69) is 42.4 Å². The third-order valence-corrected chi connectivity index (χ3v) is 3.35. The van der Waals surface area contributed by atoms with E-state index in [4.69, 9.17) is 0 Å². The van der Waals surface area contributed by atoms with Gasteiger partial charge in [-0.1, -0.05) is 29.8 Å². The summed E-state index contributed by atoms with van der Waals surface area (Å²) in [6.07, 6.45) is 0. The standard InChI is InChI=1S/C17H21FN2/c1-13-4-9-17(15(10-13)11-19-2)20(3)12-14-5-7-16(18)8-6-14/h4-10,19H,11-12H2,1-3H3. The van der Waals surface area contributed by atoms with Crippen molar-refractivity contribution in [3.8, 4) is 0 Å². The van der Waals surface area contributed by atoms with E-state index >= 15 is 0 Å². The van der Waals surface area contributed by atoms with E-state index in [0.717, 1.165) is 18.7 Å². The molecule has 2 nitrogen and oxygen atoms in total. The molecule has 0 spiro atoms. The number of nitrogens with zero attached hydrogens (tertiary/aromatic N) is 1. The quantitative estimate of drug-likeness (QED) is 0.896. The maximum atomic E-state index is 12.9. The fourth-order valence-corrected chi connectivity index (χ4v) is 2.37. The van der Waals surface area contributed by atoms with Gasteiger partial charge < -0.3 is 10.2 Å². The van der Waals surface area contributed by atoms with Crippen LogP contribution in [0.5, 0.6) is 0 Å². The summed E-state index contributed by atoms with van der Waals surface area (Å²) >= 11 is 0. The van der Waals surface area contributed by atoms with Crippen LogP contribution in [-0.4, -0.2) is 14.1 Å². The molecule has 0 atom stereocenters. The maximum Gasteiger partial charge on any atom is 0.123 e. The van der Waals surface area contributed by atoms with Gasteiger partial charge in [-0.15, -0.1) is 0 Å². The molecule has 0 aliphatic carbocycles. The van der Waals surface area contributed by atoms with E-state index < -0.39 is 0 Å². The lowest BCUT2D eigenvalue weighted by molar-refractivity contribution is 0.627. The van der Waals surface area contributed by atoms with Crippen LogP contribution in [0.2, 0.25) is 0 Å². The molecule has 2 aromatic rings. The lowest BCUT2D eigenvalue weighted by Crippen LogP contribution is -2.19. The summed E-state index contributed by atoms with van der Waals surface area (Å²) in [6, 6.07) is 13.1. The number of hydrogen-bond acceptors (Lipinski definition) is 2. The number of aryl methyl sites for hydroxylation is 1. The van der Waals surface area contributed by atoms with Gasteiger partial charge in [0.05, 0.1) is 0 Å². The van der Waals surface area contributed by atoms with Crippen LogP contribution in [0.15, 0.2) is 42.5 Å². The lowest BCUT2D eigenvalue weighted by Gasteiger charge is -2.23. The molecule has 1 N–H and O–H groups in total. The highest BCUT2D eigenvalue weighted by Crippen LogP contribution is 2.22. The van der Waals surface area contributed by atoms with E-state index in [1.807, 2.05) is 19.2 Å². The van der Waals surface area contributed by atoms with Gasteiger partial charge in [0.25, 0.3) is 0 Å². The molecular formula is C17H21FN2. The van der Waals surface area contributed by atoms with E-state index in [9.17, 15) is 4.39 Å². The minimum Gasteiger partial charge on any atom is -0.370 e. The number of benzene rings is 2. The van der Waals surface area contributed by atoms with Gasteiger partial charge in [0.1, 0.15) is 5.82 Å². The summed E-state index contributed by atoms with van der Waals surface area (Å²) in [5, 5.41) is 3.20. The molecule has 2 aromatic carbocycles. The molecule has 0 aliphatic heterocycles. The van der Waals surface area contributed by atoms with Crippen molar-refractivity contribution in [3.05, 3.63) is 65.0 Å². The first-order valence-corrected chi connectivity index (χ1v) is 6.80. The number of rotatable bonds is 5. The zero-order chi connectivity index (χ0) is 14.5. The third-order valence-electron chi connectivity index (χ3n) is 3.35. The first kappa shape index (κ1) is 14.5. The monoisotopic (exact) mass is 272 g/mol. The van der Waals surface area contributed by atoms with E-state index in [1.54, 1.807) is 0 Å². The molecule has 3 heteroatoms.